The Kier molecular flexibility index (Phi) is 6.47. The predicted molar refractivity (Wildman–Crippen MR) is 107 cm³/mol. The number of para-hydroxylation sites is 1. The average Bonchev–Trinajstić information content (AvgIpc) is 2.73. The van der Waals surface area contributed by atoms with Gasteiger partial charge in [-0.2, -0.15) is 0 Å². The van der Waals surface area contributed by atoms with Gasteiger partial charge in [0.05, 0.1) is 0 Å². The second-order valence-corrected chi connectivity index (χ2v) is 6.01. The van der Waals surface area contributed by atoms with Crippen LogP contribution >= 0.6 is 0 Å². The van der Waals surface area contributed by atoms with Crippen molar-refractivity contribution in [3.63, 3.8) is 0 Å². The Labute approximate surface area is 160 Å². The van der Waals surface area contributed by atoms with Crippen LogP contribution in [0.3, 0.4) is 0 Å². The third-order valence-electron chi connectivity index (χ3n) is 4.12. The topological polar surface area (TPSA) is 38.8 Å². The first-order valence-corrected chi connectivity index (χ1v) is 9.01. The molecule has 0 heterocycles. The minimum Gasteiger partial charge on any atom is -0.489 e. The lowest BCUT2D eigenvalue weighted by molar-refractivity contribution is -0.120. The number of likely N-dealkylation sites (N-methyl/N-ethyl adjacent to an activating group) is 1. The first-order valence-electron chi connectivity index (χ1n) is 9.01. The molecule has 4 nitrogen and oxygen atoms in total. The summed E-state index contributed by atoms with van der Waals surface area (Å²) in [7, 11) is 0. The number of hydrogen-bond acceptors (Lipinski definition) is 3. The second-order valence-electron chi connectivity index (χ2n) is 6.01. The van der Waals surface area contributed by atoms with Crippen LogP contribution in [-0.2, 0) is 11.4 Å². The molecule has 0 spiro atoms. The molecule has 0 saturated heterocycles. The van der Waals surface area contributed by atoms with E-state index >= 15 is 0 Å². The Morgan fingerprint density at radius 3 is 1.93 bits per heavy atom. The number of hydrogen-bond donors (Lipinski definition) is 0. The largest absolute Gasteiger partial charge is 0.489 e. The first kappa shape index (κ1) is 18.5. The zero-order valence-electron chi connectivity index (χ0n) is 15.4. The molecular formula is C23H23NO3. The monoisotopic (exact) mass is 361 g/mol. The van der Waals surface area contributed by atoms with Crippen LogP contribution < -0.4 is 14.4 Å². The number of ether oxygens (including phenoxy) is 2. The molecule has 0 aromatic heterocycles. The van der Waals surface area contributed by atoms with Gasteiger partial charge in [-0.1, -0.05) is 48.5 Å². The number of carbonyl (C=O) groups excluding carboxylic acids is 1. The molecule has 27 heavy (non-hydrogen) atoms. The molecule has 0 aliphatic carbocycles. The van der Waals surface area contributed by atoms with Crippen molar-refractivity contribution in [1.29, 1.82) is 0 Å². The number of anilines is 1. The van der Waals surface area contributed by atoms with E-state index in [1.54, 1.807) is 4.90 Å². The van der Waals surface area contributed by atoms with E-state index < -0.39 is 0 Å². The van der Waals surface area contributed by atoms with Crippen molar-refractivity contribution in [3.05, 3.63) is 90.5 Å². The molecule has 0 unspecified atom stereocenters. The molecule has 3 rings (SSSR count). The van der Waals surface area contributed by atoms with Gasteiger partial charge in [-0.05, 0) is 48.9 Å². The molecule has 0 N–H and O–H groups in total. The van der Waals surface area contributed by atoms with E-state index in [4.69, 9.17) is 9.47 Å². The molecule has 0 radical (unpaired) electrons. The van der Waals surface area contributed by atoms with Crippen LogP contribution in [0.15, 0.2) is 84.9 Å². The maximum absolute atomic E-state index is 12.5. The number of carbonyl (C=O) groups is 1. The van der Waals surface area contributed by atoms with Gasteiger partial charge in [0.2, 0.25) is 0 Å². The molecule has 0 fully saturated rings. The third kappa shape index (κ3) is 5.35. The molecule has 138 valence electrons. The Morgan fingerprint density at radius 2 is 1.33 bits per heavy atom. The van der Waals surface area contributed by atoms with Crippen molar-refractivity contribution in [3.8, 4) is 11.5 Å². The molecule has 0 aliphatic heterocycles. The summed E-state index contributed by atoms with van der Waals surface area (Å²) in [6, 6.07) is 26.9. The Hall–Kier alpha value is -3.27. The van der Waals surface area contributed by atoms with E-state index in [2.05, 4.69) is 0 Å². The van der Waals surface area contributed by atoms with Crippen LogP contribution in [-0.4, -0.2) is 19.1 Å². The molecule has 0 atom stereocenters. The van der Waals surface area contributed by atoms with E-state index in [1.165, 1.54) is 0 Å². The summed E-state index contributed by atoms with van der Waals surface area (Å²) in [5.41, 5.74) is 1.99. The highest BCUT2D eigenvalue weighted by atomic mass is 16.5. The highest BCUT2D eigenvalue weighted by Crippen LogP contribution is 2.19. The zero-order chi connectivity index (χ0) is 18.9. The smallest absolute Gasteiger partial charge is 0.264 e. The van der Waals surface area contributed by atoms with E-state index in [9.17, 15) is 4.79 Å². The van der Waals surface area contributed by atoms with Crippen molar-refractivity contribution in [2.24, 2.45) is 0 Å². The van der Waals surface area contributed by atoms with Crippen molar-refractivity contribution < 1.29 is 14.3 Å². The number of nitrogens with zero attached hydrogens (tertiary/aromatic N) is 1. The second kappa shape index (κ2) is 9.43. The quantitative estimate of drug-likeness (QED) is 0.584. The third-order valence-corrected chi connectivity index (χ3v) is 4.12. The minimum absolute atomic E-state index is 0.00699. The van der Waals surface area contributed by atoms with Gasteiger partial charge in [-0.15, -0.1) is 0 Å². The van der Waals surface area contributed by atoms with Crippen molar-refractivity contribution in [2.45, 2.75) is 13.5 Å². The summed E-state index contributed by atoms with van der Waals surface area (Å²) in [5, 5.41) is 0. The first-order chi connectivity index (χ1) is 13.3. The van der Waals surface area contributed by atoms with Gasteiger partial charge >= 0.3 is 0 Å². The molecule has 0 saturated carbocycles. The normalized spacial score (nSPS) is 10.3. The highest BCUT2D eigenvalue weighted by molar-refractivity contribution is 5.94. The average molecular weight is 361 g/mol. The van der Waals surface area contributed by atoms with Crippen LogP contribution in [0.25, 0.3) is 0 Å². The van der Waals surface area contributed by atoms with E-state index in [0.717, 1.165) is 17.0 Å². The molecule has 3 aromatic rings. The summed E-state index contributed by atoms with van der Waals surface area (Å²) in [5.74, 6) is 1.32. The number of amides is 1. The molecule has 3 aromatic carbocycles. The van der Waals surface area contributed by atoms with Gasteiger partial charge in [0.1, 0.15) is 18.1 Å². The maximum atomic E-state index is 12.5. The Balaban J connectivity index is 1.51. The zero-order valence-corrected chi connectivity index (χ0v) is 15.4. The fourth-order valence-corrected chi connectivity index (χ4v) is 2.71. The van der Waals surface area contributed by atoms with Crippen LogP contribution in [0.1, 0.15) is 12.5 Å². The summed E-state index contributed by atoms with van der Waals surface area (Å²) in [6.07, 6.45) is 0. The van der Waals surface area contributed by atoms with Gasteiger partial charge < -0.3 is 14.4 Å². The Bertz CT molecular complexity index is 833. The molecule has 0 aliphatic rings. The molecule has 1 amide bonds. The SMILES string of the molecule is CCN(C(=O)COc1ccc(OCc2ccccc2)cc1)c1ccccc1. The maximum Gasteiger partial charge on any atom is 0.264 e. The van der Waals surface area contributed by atoms with Crippen LogP contribution in [0, 0.1) is 0 Å². The van der Waals surface area contributed by atoms with Gasteiger partial charge in [0, 0.05) is 12.2 Å². The summed E-state index contributed by atoms with van der Waals surface area (Å²) < 4.78 is 11.4. The van der Waals surface area contributed by atoms with Crippen molar-refractivity contribution in [1.82, 2.24) is 0 Å². The fourth-order valence-electron chi connectivity index (χ4n) is 2.71. The molecule has 0 bridgehead atoms. The molecule has 4 heteroatoms. The minimum atomic E-state index is -0.0758. The number of rotatable bonds is 8. The number of benzene rings is 3. The van der Waals surface area contributed by atoms with E-state index in [1.807, 2.05) is 91.9 Å². The van der Waals surface area contributed by atoms with Gasteiger partial charge in [-0.3, -0.25) is 4.79 Å². The van der Waals surface area contributed by atoms with E-state index in [-0.39, 0.29) is 12.5 Å². The highest BCUT2D eigenvalue weighted by Gasteiger charge is 2.14. The standard InChI is InChI=1S/C23H23NO3/c1-2-24(20-11-7-4-8-12-20)23(25)18-27-22-15-13-21(14-16-22)26-17-19-9-5-3-6-10-19/h3-16H,2,17-18H2,1H3. The van der Waals surface area contributed by atoms with E-state index in [0.29, 0.717) is 18.9 Å². The summed E-state index contributed by atoms with van der Waals surface area (Å²) in [6.45, 7) is 3.05. The lowest BCUT2D eigenvalue weighted by atomic mass is 10.2. The Morgan fingerprint density at radius 1 is 0.778 bits per heavy atom. The summed E-state index contributed by atoms with van der Waals surface area (Å²) >= 11 is 0. The van der Waals surface area contributed by atoms with Crippen LogP contribution in [0.4, 0.5) is 5.69 Å². The molecular weight excluding hydrogens is 338 g/mol. The lowest BCUT2D eigenvalue weighted by Crippen LogP contribution is -2.34. The van der Waals surface area contributed by atoms with Crippen molar-refractivity contribution >= 4 is 11.6 Å². The van der Waals surface area contributed by atoms with Gasteiger partial charge in [-0.25, -0.2) is 0 Å². The fraction of sp³-hybridized carbons (Fsp3) is 0.174. The lowest BCUT2D eigenvalue weighted by Gasteiger charge is -2.21. The van der Waals surface area contributed by atoms with Gasteiger partial charge in [0.15, 0.2) is 6.61 Å². The predicted octanol–water partition coefficient (Wildman–Crippen LogP) is 4.70. The summed E-state index contributed by atoms with van der Waals surface area (Å²) in [4.78, 5) is 14.2. The van der Waals surface area contributed by atoms with Crippen LogP contribution in [0.5, 0.6) is 11.5 Å². The van der Waals surface area contributed by atoms with Crippen LogP contribution in [0.2, 0.25) is 0 Å². The van der Waals surface area contributed by atoms with Gasteiger partial charge in [0.25, 0.3) is 5.91 Å². The van der Waals surface area contributed by atoms with Crippen molar-refractivity contribution in [2.75, 3.05) is 18.1 Å².